The van der Waals surface area contributed by atoms with E-state index < -0.39 is 6.10 Å². The minimum Gasteiger partial charge on any atom is 2.00 e. The van der Waals surface area contributed by atoms with Gasteiger partial charge in [-0.3, -0.25) is 0 Å². The average Bonchev–Trinajstić information content (AvgIpc) is 3.25. The van der Waals surface area contributed by atoms with Crippen LogP contribution in [0.3, 0.4) is 0 Å². The zero-order valence-electron chi connectivity index (χ0n) is 14.9. The minimum atomic E-state index is -0.518. The van der Waals surface area contributed by atoms with Crippen molar-refractivity contribution in [3.8, 4) is 5.92 Å². The summed E-state index contributed by atoms with van der Waals surface area (Å²) in [5, 5.41) is 0. The van der Waals surface area contributed by atoms with Crippen molar-refractivity contribution in [2.24, 2.45) is 0 Å². The van der Waals surface area contributed by atoms with Crippen LogP contribution in [0.4, 0.5) is 0 Å². The largest absolute Gasteiger partial charge is 2.00 e. The van der Waals surface area contributed by atoms with Crippen LogP contribution in [0.5, 0.6) is 0 Å². The van der Waals surface area contributed by atoms with Crippen molar-refractivity contribution >= 4 is 0 Å². The number of hydrogen-bond donors (Lipinski definition) is 0. The molecule has 1 saturated carbocycles. The molecule has 0 aromatic heterocycles. The first-order valence-corrected chi connectivity index (χ1v) is 7.00. The molecule has 0 aromatic carbocycles. The predicted molar refractivity (Wildman–Crippen MR) is 81.2 cm³/mol. The average molecular weight is 525 g/mol. The standard InChI is InChI=1S/C9H15O4.C5H10.3CO.W/c1-5-9(13-7-11-4)8(2)12-6-10-3;1-2-4-5-3-1;3*1-2;/h8-9H,6-7H2,2-4H3;1-5H2;;;;/q-1;;;;;+2/t8-,9+;;;;;/m0...../s1. The van der Waals surface area contributed by atoms with Gasteiger partial charge in [0.2, 0.25) is 0 Å². The second-order valence-corrected chi connectivity index (χ2v) is 4.18. The van der Waals surface area contributed by atoms with Crippen LogP contribution in [0.15, 0.2) is 0 Å². The Kier molecular flexibility index (Phi) is 54.9. The third-order valence-corrected chi connectivity index (χ3v) is 2.63. The van der Waals surface area contributed by atoms with E-state index in [2.05, 4.69) is 25.9 Å². The van der Waals surface area contributed by atoms with Gasteiger partial charge in [0.25, 0.3) is 0 Å². The van der Waals surface area contributed by atoms with Crippen LogP contribution in [0.1, 0.15) is 39.0 Å². The number of ether oxygens (including phenoxy) is 4. The summed E-state index contributed by atoms with van der Waals surface area (Å²) in [5.74, 6) is 2.21. The van der Waals surface area contributed by atoms with Gasteiger partial charge in [0.1, 0.15) is 19.7 Å². The van der Waals surface area contributed by atoms with Gasteiger partial charge < -0.3 is 31.3 Å². The van der Waals surface area contributed by atoms with Crippen LogP contribution in [0.25, 0.3) is 0 Å². The molecule has 1 fully saturated rings. The molecule has 0 unspecified atom stereocenters. The van der Waals surface area contributed by atoms with E-state index in [1.807, 2.05) is 0 Å². The van der Waals surface area contributed by atoms with Gasteiger partial charge in [0, 0.05) is 14.2 Å². The molecule has 0 aromatic rings. The Morgan fingerprint density at radius 3 is 1.40 bits per heavy atom. The van der Waals surface area contributed by atoms with Crippen LogP contribution in [0, 0.1) is 32.3 Å². The Labute approximate surface area is 165 Å². The van der Waals surface area contributed by atoms with Gasteiger partial charge in [-0.1, -0.05) is 32.1 Å². The van der Waals surface area contributed by atoms with E-state index in [4.69, 9.17) is 39.3 Å². The van der Waals surface area contributed by atoms with Gasteiger partial charge in [-0.2, -0.15) is 0 Å². The summed E-state index contributed by atoms with van der Waals surface area (Å²) in [5.41, 5.74) is 0. The van der Waals surface area contributed by atoms with Crippen LogP contribution in [-0.2, 0) is 54.0 Å². The normalized spacial score (nSPS) is 12.8. The summed E-state index contributed by atoms with van der Waals surface area (Å²) in [6.07, 6.45) is 13.7. The maximum atomic E-state index is 7.50. The van der Waals surface area contributed by atoms with E-state index in [0.717, 1.165) is 0 Å². The Morgan fingerprint density at radius 2 is 1.12 bits per heavy atom. The van der Waals surface area contributed by atoms with Crippen molar-refractivity contribution in [1.29, 1.82) is 0 Å². The zero-order valence-corrected chi connectivity index (χ0v) is 17.8. The third kappa shape index (κ3) is 31.6. The molecule has 0 spiro atoms. The fraction of sp³-hybridized carbons (Fsp3) is 0.706. The maximum Gasteiger partial charge on any atom is 2.00 e. The molecule has 0 bridgehead atoms. The second kappa shape index (κ2) is 38.7. The summed E-state index contributed by atoms with van der Waals surface area (Å²) in [6, 6.07) is 0. The number of methoxy groups -OCH3 is 2. The first-order valence-electron chi connectivity index (χ1n) is 7.00. The van der Waals surface area contributed by atoms with Gasteiger partial charge in [-0.15, -0.1) is 0 Å². The molecular weight excluding hydrogens is 500 g/mol. The Morgan fingerprint density at radius 1 is 0.800 bits per heavy atom. The van der Waals surface area contributed by atoms with E-state index in [1.54, 1.807) is 6.92 Å². The summed E-state index contributed by atoms with van der Waals surface area (Å²) in [6.45, 7) is 15.6. The molecule has 0 saturated heterocycles. The molecule has 8 heteroatoms. The minimum absolute atomic E-state index is 0. The molecule has 7 nitrogen and oxygen atoms in total. The molecule has 1 aliphatic carbocycles. The van der Waals surface area contributed by atoms with Crippen LogP contribution in [-0.4, -0.2) is 40.0 Å². The molecular formula is C17H25O7W+. The van der Waals surface area contributed by atoms with Crippen LogP contribution < -0.4 is 0 Å². The number of hydrogen-bond acceptors (Lipinski definition) is 4. The zero-order chi connectivity index (χ0) is 19.6. The Hall–Kier alpha value is -0.692. The summed E-state index contributed by atoms with van der Waals surface area (Å²) < 4.78 is 42.2. The quantitative estimate of drug-likeness (QED) is 0.221. The van der Waals surface area contributed by atoms with Crippen molar-refractivity contribution in [3.05, 3.63) is 26.4 Å². The monoisotopic (exact) mass is 525 g/mol. The molecule has 1 aliphatic rings. The molecule has 0 amide bonds. The van der Waals surface area contributed by atoms with E-state index in [9.17, 15) is 0 Å². The van der Waals surface area contributed by atoms with Gasteiger partial charge in [-0.05, 0) is 6.92 Å². The van der Waals surface area contributed by atoms with E-state index in [-0.39, 0.29) is 40.8 Å². The predicted octanol–water partition coefficient (Wildman–Crippen LogP) is 2.41. The van der Waals surface area contributed by atoms with Gasteiger partial charge in [0.15, 0.2) is 0 Å². The van der Waals surface area contributed by atoms with Crippen molar-refractivity contribution in [2.45, 2.75) is 51.2 Å². The smallest absolute Gasteiger partial charge is 2.00 e. The molecule has 0 heterocycles. The molecule has 25 heavy (non-hydrogen) atoms. The van der Waals surface area contributed by atoms with Crippen molar-refractivity contribution in [1.82, 2.24) is 0 Å². The van der Waals surface area contributed by atoms with Crippen molar-refractivity contribution in [2.75, 3.05) is 27.8 Å². The molecule has 0 aliphatic heterocycles. The van der Waals surface area contributed by atoms with Crippen LogP contribution >= 0.6 is 0 Å². The SMILES string of the molecule is C1CCCC1.[C-]#C[C@@H](OCOC)[C@H](C)OCOC.[C-]#[O+].[C-]#[O+].[C-]#[O+].[W+2]. The molecule has 0 radical (unpaired) electrons. The molecule has 0 N–H and O–H groups in total. The van der Waals surface area contributed by atoms with Crippen LogP contribution in [0.2, 0.25) is 0 Å². The van der Waals surface area contributed by atoms with Gasteiger partial charge in [-0.25, -0.2) is 0 Å². The summed E-state index contributed by atoms with van der Waals surface area (Å²) in [7, 11) is 3.05. The van der Waals surface area contributed by atoms with E-state index >= 15 is 0 Å². The van der Waals surface area contributed by atoms with Gasteiger partial charge in [0.05, 0.1) is 6.10 Å². The fourth-order valence-corrected chi connectivity index (χ4v) is 1.58. The third-order valence-electron chi connectivity index (χ3n) is 2.63. The fourth-order valence-electron chi connectivity index (χ4n) is 1.58. The van der Waals surface area contributed by atoms with Crippen molar-refractivity contribution < 1.29 is 54.0 Å². The first-order chi connectivity index (χ1) is 11.8. The Balaban J connectivity index is -0.0000000920. The summed E-state index contributed by atoms with van der Waals surface area (Å²) >= 11 is 0. The van der Waals surface area contributed by atoms with E-state index in [0.29, 0.717) is 0 Å². The molecule has 2 atom stereocenters. The van der Waals surface area contributed by atoms with E-state index in [1.165, 1.54) is 46.3 Å². The molecule has 1 rings (SSSR count). The molecule has 140 valence electrons. The van der Waals surface area contributed by atoms with Crippen molar-refractivity contribution in [3.63, 3.8) is 0 Å². The summed E-state index contributed by atoms with van der Waals surface area (Å²) in [4.78, 5) is 0. The number of rotatable bonds is 7. The maximum absolute atomic E-state index is 7.50. The first kappa shape index (κ1) is 35.4. The Bertz CT molecular complexity index is 297. The topological polar surface area (TPSA) is 96.6 Å². The second-order valence-electron chi connectivity index (χ2n) is 4.18. The van der Waals surface area contributed by atoms with Gasteiger partial charge >= 0.3 is 55.0 Å².